The summed E-state index contributed by atoms with van der Waals surface area (Å²) in [5, 5.41) is 33.2. The van der Waals surface area contributed by atoms with Crippen molar-refractivity contribution in [3.8, 4) is 0 Å². The number of alkyl halides is 6. The molecule has 0 radical (unpaired) electrons. The van der Waals surface area contributed by atoms with Gasteiger partial charge in [0.25, 0.3) is 0 Å². The zero-order valence-electron chi connectivity index (χ0n) is 11.0. The van der Waals surface area contributed by atoms with Gasteiger partial charge in [-0.25, -0.2) is 0 Å². The summed E-state index contributed by atoms with van der Waals surface area (Å²) in [4.78, 5) is 0. The van der Waals surface area contributed by atoms with Gasteiger partial charge in [0, 0.05) is 5.56 Å². The van der Waals surface area contributed by atoms with E-state index in [1.165, 1.54) is 0 Å². The first-order valence-corrected chi connectivity index (χ1v) is 6.11. The van der Waals surface area contributed by atoms with Gasteiger partial charge in [0.1, 0.15) is 24.4 Å². The SMILES string of the molecule is OC[C@H]1O[C@@H](c2cc(C(F)(F)F)nnc2C(F)(F)F)[C@H](O)[C@@H]1O. The predicted molar refractivity (Wildman–Crippen MR) is 58.7 cm³/mol. The summed E-state index contributed by atoms with van der Waals surface area (Å²) < 4.78 is 81.4. The molecular formula is C11H10F6N2O4. The first kappa shape index (κ1) is 17.8. The number of halogens is 6. The van der Waals surface area contributed by atoms with Gasteiger partial charge in [-0.2, -0.15) is 26.3 Å². The lowest BCUT2D eigenvalue weighted by Gasteiger charge is -2.20. The molecule has 0 bridgehead atoms. The molecule has 6 nitrogen and oxygen atoms in total. The summed E-state index contributed by atoms with van der Waals surface area (Å²) in [6.45, 7) is -0.847. The average Bonchev–Trinajstić information content (AvgIpc) is 2.72. The largest absolute Gasteiger partial charge is 0.435 e. The maximum atomic E-state index is 12.9. The van der Waals surface area contributed by atoms with Crippen molar-refractivity contribution in [1.29, 1.82) is 0 Å². The van der Waals surface area contributed by atoms with Crippen LogP contribution in [0.15, 0.2) is 6.07 Å². The van der Waals surface area contributed by atoms with E-state index in [-0.39, 0.29) is 6.07 Å². The lowest BCUT2D eigenvalue weighted by atomic mass is 9.99. The fraction of sp³-hybridized carbons (Fsp3) is 0.636. The number of rotatable bonds is 2. The Bertz CT molecular complexity index is 579. The molecule has 2 rings (SSSR count). The molecule has 1 aromatic rings. The Morgan fingerprint density at radius 2 is 1.61 bits per heavy atom. The van der Waals surface area contributed by atoms with Crippen molar-refractivity contribution in [2.24, 2.45) is 0 Å². The highest BCUT2D eigenvalue weighted by atomic mass is 19.4. The number of hydrogen-bond donors (Lipinski definition) is 3. The molecule has 0 saturated carbocycles. The highest BCUT2D eigenvalue weighted by Gasteiger charge is 2.48. The quantitative estimate of drug-likeness (QED) is 0.680. The fourth-order valence-corrected chi connectivity index (χ4v) is 2.14. The second-order valence-corrected chi connectivity index (χ2v) is 4.79. The van der Waals surface area contributed by atoms with Crippen molar-refractivity contribution < 1.29 is 46.4 Å². The lowest BCUT2D eigenvalue weighted by Crippen LogP contribution is -2.32. The summed E-state index contributed by atoms with van der Waals surface area (Å²) in [6.07, 6.45) is -17.4. The second-order valence-electron chi connectivity index (χ2n) is 4.79. The first-order chi connectivity index (χ1) is 10.5. The zero-order valence-corrected chi connectivity index (χ0v) is 11.0. The minimum Gasteiger partial charge on any atom is -0.394 e. The van der Waals surface area contributed by atoms with Gasteiger partial charge in [-0.15, -0.1) is 10.2 Å². The third-order valence-corrected chi connectivity index (χ3v) is 3.23. The van der Waals surface area contributed by atoms with E-state index in [0.717, 1.165) is 0 Å². The minimum absolute atomic E-state index is 0.0518. The predicted octanol–water partition coefficient (Wildman–Crippen LogP) is 0.668. The third kappa shape index (κ3) is 3.39. The Morgan fingerprint density at radius 3 is 2.04 bits per heavy atom. The molecule has 0 aliphatic carbocycles. The van der Waals surface area contributed by atoms with E-state index in [1.807, 2.05) is 0 Å². The maximum absolute atomic E-state index is 12.9. The van der Waals surface area contributed by atoms with Crippen molar-refractivity contribution in [1.82, 2.24) is 10.2 Å². The van der Waals surface area contributed by atoms with E-state index in [1.54, 1.807) is 0 Å². The number of aliphatic hydroxyl groups is 3. The van der Waals surface area contributed by atoms with Crippen molar-refractivity contribution in [2.45, 2.75) is 36.8 Å². The van der Waals surface area contributed by atoms with Crippen LogP contribution >= 0.6 is 0 Å². The van der Waals surface area contributed by atoms with Crippen LogP contribution < -0.4 is 0 Å². The minimum atomic E-state index is -5.15. The lowest BCUT2D eigenvalue weighted by molar-refractivity contribution is -0.150. The topological polar surface area (TPSA) is 95.7 Å². The van der Waals surface area contributed by atoms with Gasteiger partial charge in [0.05, 0.1) is 6.61 Å². The second kappa shape index (κ2) is 5.85. The summed E-state index contributed by atoms with van der Waals surface area (Å²) >= 11 is 0. The van der Waals surface area contributed by atoms with Crippen LogP contribution in [-0.2, 0) is 17.1 Å². The van der Waals surface area contributed by atoms with Crippen LogP contribution in [0.25, 0.3) is 0 Å². The van der Waals surface area contributed by atoms with Crippen LogP contribution in [0.2, 0.25) is 0 Å². The van der Waals surface area contributed by atoms with Crippen molar-refractivity contribution >= 4 is 0 Å². The summed E-state index contributed by atoms with van der Waals surface area (Å²) in [5.41, 5.74) is -4.61. The molecule has 0 aromatic carbocycles. The van der Waals surface area contributed by atoms with Crippen molar-refractivity contribution in [3.63, 3.8) is 0 Å². The maximum Gasteiger partial charge on any atom is 0.435 e. The molecule has 1 aliphatic heterocycles. The van der Waals surface area contributed by atoms with Crippen molar-refractivity contribution in [2.75, 3.05) is 6.61 Å². The molecule has 1 aromatic heterocycles. The van der Waals surface area contributed by atoms with Gasteiger partial charge in [-0.1, -0.05) is 0 Å². The number of hydrogen-bond acceptors (Lipinski definition) is 6. The molecule has 1 aliphatic rings. The van der Waals surface area contributed by atoms with Crippen LogP contribution in [0.4, 0.5) is 26.3 Å². The molecule has 0 unspecified atom stereocenters. The molecule has 12 heteroatoms. The van der Waals surface area contributed by atoms with Gasteiger partial charge in [-0.05, 0) is 6.07 Å². The van der Waals surface area contributed by atoms with E-state index in [2.05, 4.69) is 10.2 Å². The monoisotopic (exact) mass is 348 g/mol. The number of aromatic nitrogens is 2. The highest BCUT2D eigenvalue weighted by Crippen LogP contribution is 2.41. The molecule has 130 valence electrons. The molecule has 1 saturated heterocycles. The standard InChI is InChI=1S/C11H10F6N2O4/c12-10(13,14)5-1-3(9(19-18-5)11(15,16)17)8-7(22)6(21)4(2-20)23-8/h1,4,6-8,20-22H,2H2/t4-,6-,7-,8+/m1/s1. The Morgan fingerprint density at radius 1 is 1.00 bits per heavy atom. The summed E-state index contributed by atoms with van der Waals surface area (Å²) in [6, 6.07) is 0.0518. The smallest absolute Gasteiger partial charge is 0.394 e. The average molecular weight is 348 g/mol. The molecule has 4 atom stereocenters. The Kier molecular flexibility index (Phi) is 4.54. The summed E-state index contributed by atoms with van der Waals surface area (Å²) in [7, 11) is 0. The van der Waals surface area contributed by atoms with E-state index >= 15 is 0 Å². The highest BCUT2D eigenvalue weighted by molar-refractivity contribution is 5.29. The number of aliphatic hydroxyl groups excluding tert-OH is 3. The fourth-order valence-electron chi connectivity index (χ4n) is 2.14. The zero-order chi connectivity index (χ0) is 17.6. The van der Waals surface area contributed by atoms with E-state index < -0.39 is 60.3 Å². The first-order valence-electron chi connectivity index (χ1n) is 6.11. The molecule has 1 fully saturated rings. The summed E-state index contributed by atoms with van der Waals surface area (Å²) in [5.74, 6) is 0. The van der Waals surface area contributed by atoms with Gasteiger partial charge in [0.15, 0.2) is 11.4 Å². The van der Waals surface area contributed by atoms with Crippen LogP contribution in [0.5, 0.6) is 0 Å². The third-order valence-electron chi connectivity index (χ3n) is 3.23. The Hall–Kier alpha value is -1.50. The van der Waals surface area contributed by atoms with E-state index in [0.29, 0.717) is 0 Å². The number of nitrogens with zero attached hydrogens (tertiary/aromatic N) is 2. The molecular weight excluding hydrogens is 338 g/mol. The van der Waals surface area contributed by atoms with Gasteiger partial charge in [-0.3, -0.25) is 0 Å². The molecule has 23 heavy (non-hydrogen) atoms. The van der Waals surface area contributed by atoms with E-state index in [9.17, 15) is 36.6 Å². The van der Waals surface area contributed by atoms with Gasteiger partial charge >= 0.3 is 12.4 Å². The van der Waals surface area contributed by atoms with E-state index in [4.69, 9.17) is 9.84 Å². The van der Waals surface area contributed by atoms with Gasteiger partial charge in [0.2, 0.25) is 0 Å². The van der Waals surface area contributed by atoms with Crippen LogP contribution in [0, 0.1) is 0 Å². The molecule has 2 heterocycles. The Labute approximate surface area is 124 Å². The Balaban J connectivity index is 2.54. The normalized spacial score (nSPS) is 29.1. The van der Waals surface area contributed by atoms with Crippen LogP contribution in [0.1, 0.15) is 23.1 Å². The van der Waals surface area contributed by atoms with Gasteiger partial charge < -0.3 is 20.1 Å². The molecule has 0 spiro atoms. The molecule has 0 amide bonds. The van der Waals surface area contributed by atoms with Crippen molar-refractivity contribution in [3.05, 3.63) is 23.0 Å². The van der Waals surface area contributed by atoms with Crippen LogP contribution in [0.3, 0.4) is 0 Å². The number of ether oxygens (including phenoxy) is 1. The molecule has 3 N–H and O–H groups in total. The van der Waals surface area contributed by atoms with Crippen LogP contribution in [-0.4, -0.2) is 50.4 Å².